The molecule has 3 N–H and O–H groups in total. The highest BCUT2D eigenvalue weighted by Gasteiger charge is 2.32. The van der Waals surface area contributed by atoms with Crippen LogP contribution in [0.25, 0.3) is 0 Å². The number of benzene rings is 1. The Kier molecular flexibility index (Phi) is 4.16. The highest BCUT2D eigenvalue weighted by Crippen LogP contribution is 2.34. The molecule has 3 nitrogen and oxygen atoms in total. The van der Waals surface area contributed by atoms with Gasteiger partial charge in [0.05, 0.1) is 6.10 Å². The lowest BCUT2D eigenvalue weighted by Gasteiger charge is -2.27. The van der Waals surface area contributed by atoms with Crippen LogP contribution in [0, 0.1) is 11.3 Å². The summed E-state index contributed by atoms with van der Waals surface area (Å²) in [5, 5.41) is 10.3. The molecule has 1 aliphatic rings. The summed E-state index contributed by atoms with van der Waals surface area (Å²) in [5.41, 5.74) is 7.72. The number of anilines is 1. The lowest BCUT2D eigenvalue weighted by molar-refractivity contribution is 0.119. The molecule has 3 heteroatoms. The van der Waals surface area contributed by atoms with Gasteiger partial charge in [-0.3, -0.25) is 0 Å². The number of likely N-dealkylation sites (tertiary alicyclic amines) is 1. The fourth-order valence-electron chi connectivity index (χ4n) is 2.77. The normalized spacial score (nSPS) is 22.6. The van der Waals surface area contributed by atoms with Crippen LogP contribution >= 0.6 is 0 Å². The van der Waals surface area contributed by atoms with Crippen molar-refractivity contribution in [2.75, 3.05) is 25.4 Å². The third-order valence-electron chi connectivity index (χ3n) is 4.25. The molecular formula is C16H26N2O. The monoisotopic (exact) mass is 262 g/mol. The molecule has 0 aromatic heterocycles. The van der Waals surface area contributed by atoms with Crippen molar-refractivity contribution >= 4 is 5.69 Å². The van der Waals surface area contributed by atoms with Crippen molar-refractivity contribution in [3.05, 3.63) is 29.8 Å². The second-order valence-corrected chi connectivity index (χ2v) is 6.79. The molecule has 2 atom stereocenters. The third kappa shape index (κ3) is 3.71. The van der Waals surface area contributed by atoms with Gasteiger partial charge in [-0.15, -0.1) is 0 Å². The highest BCUT2D eigenvalue weighted by atomic mass is 16.3. The zero-order chi connectivity index (χ0) is 14.0. The molecular weight excluding hydrogens is 236 g/mol. The number of aliphatic hydroxyl groups excluding tert-OH is 1. The van der Waals surface area contributed by atoms with Gasteiger partial charge in [0.15, 0.2) is 0 Å². The number of hydrogen-bond acceptors (Lipinski definition) is 3. The van der Waals surface area contributed by atoms with Crippen LogP contribution in [-0.4, -0.2) is 29.6 Å². The summed E-state index contributed by atoms with van der Waals surface area (Å²) in [6.07, 6.45) is 0.817. The van der Waals surface area contributed by atoms with Gasteiger partial charge in [-0.2, -0.15) is 0 Å². The van der Waals surface area contributed by atoms with E-state index in [1.165, 1.54) is 6.42 Å². The summed E-state index contributed by atoms with van der Waals surface area (Å²) in [5.74, 6) is 0.728. The van der Waals surface area contributed by atoms with Crippen LogP contribution in [0.4, 0.5) is 5.69 Å². The van der Waals surface area contributed by atoms with Crippen molar-refractivity contribution in [3.8, 4) is 0 Å². The van der Waals surface area contributed by atoms with Crippen LogP contribution < -0.4 is 5.73 Å². The Morgan fingerprint density at radius 3 is 2.47 bits per heavy atom. The molecule has 19 heavy (non-hydrogen) atoms. The minimum absolute atomic E-state index is 0.362. The van der Waals surface area contributed by atoms with Gasteiger partial charge in [-0.05, 0) is 42.0 Å². The van der Waals surface area contributed by atoms with E-state index in [2.05, 4.69) is 25.7 Å². The molecule has 1 saturated heterocycles. The topological polar surface area (TPSA) is 49.5 Å². The van der Waals surface area contributed by atoms with Crippen molar-refractivity contribution in [1.29, 1.82) is 0 Å². The van der Waals surface area contributed by atoms with E-state index in [9.17, 15) is 5.11 Å². The zero-order valence-electron chi connectivity index (χ0n) is 12.3. The average Bonchev–Trinajstić information content (AvgIpc) is 2.78. The quantitative estimate of drug-likeness (QED) is 0.823. The molecule has 0 amide bonds. The van der Waals surface area contributed by atoms with Gasteiger partial charge >= 0.3 is 0 Å². The SMILES string of the molecule is CC(C)(C)C1CCN(CC(O)c2ccc(N)cc2)C1. The Bertz CT molecular complexity index is 408. The molecule has 106 valence electrons. The molecule has 2 rings (SSSR count). The van der Waals surface area contributed by atoms with Crippen molar-refractivity contribution < 1.29 is 5.11 Å². The van der Waals surface area contributed by atoms with Crippen LogP contribution in [0.1, 0.15) is 38.9 Å². The maximum absolute atomic E-state index is 10.3. The molecule has 0 radical (unpaired) electrons. The molecule has 1 aromatic carbocycles. The van der Waals surface area contributed by atoms with Gasteiger partial charge in [0, 0.05) is 18.8 Å². The van der Waals surface area contributed by atoms with Gasteiger partial charge in [0.1, 0.15) is 0 Å². The Balaban J connectivity index is 1.90. The summed E-state index contributed by atoms with van der Waals surface area (Å²) in [6.45, 7) is 9.81. The molecule has 2 unspecified atom stereocenters. The maximum atomic E-state index is 10.3. The molecule has 1 heterocycles. The van der Waals surface area contributed by atoms with Crippen molar-refractivity contribution in [2.24, 2.45) is 11.3 Å². The van der Waals surface area contributed by atoms with Gasteiger partial charge in [0.25, 0.3) is 0 Å². The van der Waals surface area contributed by atoms with Gasteiger partial charge in [0.2, 0.25) is 0 Å². The maximum Gasteiger partial charge on any atom is 0.0916 e. The average molecular weight is 262 g/mol. The number of nitrogen functional groups attached to an aromatic ring is 1. The number of hydrogen-bond donors (Lipinski definition) is 2. The van der Waals surface area contributed by atoms with E-state index in [0.717, 1.165) is 36.8 Å². The standard InChI is InChI=1S/C16H26N2O/c1-16(2,3)13-8-9-18(10-13)11-15(19)12-4-6-14(17)7-5-12/h4-7,13,15,19H,8-11,17H2,1-3H3. The minimum atomic E-state index is -0.417. The lowest BCUT2D eigenvalue weighted by atomic mass is 9.80. The summed E-state index contributed by atoms with van der Waals surface area (Å²) in [4.78, 5) is 2.37. The fourth-order valence-corrected chi connectivity index (χ4v) is 2.77. The van der Waals surface area contributed by atoms with E-state index in [-0.39, 0.29) is 0 Å². The van der Waals surface area contributed by atoms with E-state index in [0.29, 0.717) is 5.41 Å². The first kappa shape index (κ1) is 14.4. The second kappa shape index (κ2) is 5.51. The first-order valence-corrected chi connectivity index (χ1v) is 7.12. The van der Waals surface area contributed by atoms with Gasteiger partial charge in [-0.25, -0.2) is 0 Å². The van der Waals surface area contributed by atoms with Crippen LogP contribution in [-0.2, 0) is 0 Å². The van der Waals surface area contributed by atoms with Crippen molar-refractivity contribution in [1.82, 2.24) is 4.90 Å². The van der Waals surface area contributed by atoms with E-state index in [1.807, 2.05) is 24.3 Å². The van der Waals surface area contributed by atoms with E-state index in [1.54, 1.807) is 0 Å². The lowest BCUT2D eigenvalue weighted by Crippen LogP contribution is -2.29. The Morgan fingerprint density at radius 2 is 1.95 bits per heavy atom. The Morgan fingerprint density at radius 1 is 1.32 bits per heavy atom. The predicted octanol–water partition coefficient (Wildman–Crippen LogP) is 2.67. The first-order valence-electron chi connectivity index (χ1n) is 7.12. The number of aliphatic hydroxyl groups is 1. The fraction of sp³-hybridized carbons (Fsp3) is 0.625. The number of β-amino-alcohol motifs (C(OH)–C–C–N with tert-alkyl or cyclic N) is 1. The number of nitrogens with zero attached hydrogens (tertiary/aromatic N) is 1. The minimum Gasteiger partial charge on any atom is -0.399 e. The van der Waals surface area contributed by atoms with Crippen LogP contribution in [0.3, 0.4) is 0 Å². The zero-order valence-corrected chi connectivity index (χ0v) is 12.3. The number of rotatable bonds is 3. The largest absolute Gasteiger partial charge is 0.399 e. The van der Waals surface area contributed by atoms with E-state index in [4.69, 9.17) is 5.73 Å². The van der Waals surface area contributed by atoms with E-state index >= 15 is 0 Å². The van der Waals surface area contributed by atoms with Gasteiger partial charge in [-0.1, -0.05) is 32.9 Å². The third-order valence-corrected chi connectivity index (χ3v) is 4.25. The van der Waals surface area contributed by atoms with Crippen molar-refractivity contribution in [3.63, 3.8) is 0 Å². The summed E-state index contributed by atoms with van der Waals surface area (Å²) >= 11 is 0. The summed E-state index contributed by atoms with van der Waals surface area (Å²) < 4.78 is 0. The molecule has 0 aliphatic carbocycles. The first-order chi connectivity index (χ1) is 8.86. The molecule has 0 spiro atoms. The Labute approximate surface area is 116 Å². The van der Waals surface area contributed by atoms with Crippen LogP contribution in [0.2, 0.25) is 0 Å². The van der Waals surface area contributed by atoms with Gasteiger partial charge < -0.3 is 15.7 Å². The summed E-state index contributed by atoms with van der Waals surface area (Å²) in [6, 6.07) is 7.52. The van der Waals surface area contributed by atoms with Crippen molar-refractivity contribution in [2.45, 2.75) is 33.3 Å². The van der Waals surface area contributed by atoms with Crippen LogP contribution in [0.5, 0.6) is 0 Å². The summed E-state index contributed by atoms with van der Waals surface area (Å²) in [7, 11) is 0. The second-order valence-electron chi connectivity index (χ2n) is 6.79. The van der Waals surface area contributed by atoms with Crippen LogP contribution in [0.15, 0.2) is 24.3 Å². The Hall–Kier alpha value is -1.06. The smallest absolute Gasteiger partial charge is 0.0916 e. The molecule has 0 bridgehead atoms. The molecule has 0 saturated carbocycles. The molecule has 1 fully saturated rings. The number of nitrogens with two attached hydrogens (primary N) is 1. The highest BCUT2D eigenvalue weighted by molar-refractivity contribution is 5.39. The van der Waals surface area contributed by atoms with E-state index < -0.39 is 6.10 Å². The molecule has 1 aliphatic heterocycles. The molecule has 1 aromatic rings. The predicted molar refractivity (Wildman–Crippen MR) is 79.8 cm³/mol.